The van der Waals surface area contributed by atoms with Gasteiger partial charge in [0, 0.05) is 19.1 Å². The molecule has 20 heavy (non-hydrogen) atoms. The predicted octanol–water partition coefficient (Wildman–Crippen LogP) is 2.39. The van der Waals surface area contributed by atoms with Crippen LogP contribution in [0.3, 0.4) is 0 Å². The first kappa shape index (κ1) is 15.0. The van der Waals surface area contributed by atoms with E-state index in [0.717, 1.165) is 32.4 Å². The van der Waals surface area contributed by atoms with E-state index in [4.69, 9.17) is 0 Å². The zero-order valence-corrected chi connectivity index (χ0v) is 12.9. The van der Waals surface area contributed by atoms with Gasteiger partial charge < -0.3 is 10.2 Å². The maximum Gasteiger partial charge on any atom is 0.239 e. The van der Waals surface area contributed by atoms with Crippen LogP contribution in [0.25, 0.3) is 0 Å². The molecule has 0 saturated carbocycles. The van der Waals surface area contributed by atoms with Gasteiger partial charge in [0.1, 0.15) is 0 Å². The number of amides is 1. The van der Waals surface area contributed by atoms with Gasteiger partial charge in [0.25, 0.3) is 0 Å². The average molecular weight is 274 g/mol. The van der Waals surface area contributed by atoms with Crippen LogP contribution in [-0.4, -0.2) is 36.0 Å². The second-order valence-corrected chi connectivity index (χ2v) is 5.61. The van der Waals surface area contributed by atoms with E-state index < -0.39 is 0 Å². The summed E-state index contributed by atoms with van der Waals surface area (Å²) in [4.78, 5) is 14.2. The molecule has 1 aliphatic rings. The highest BCUT2D eigenvalue weighted by Gasteiger charge is 2.24. The molecule has 3 nitrogen and oxygen atoms in total. The van der Waals surface area contributed by atoms with Gasteiger partial charge in [-0.2, -0.15) is 0 Å². The van der Waals surface area contributed by atoms with E-state index in [-0.39, 0.29) is 11.9 Å². The minimum atomic E-state index is -0.0924. The van der Waals surface area contributed by atoms with Crippen LogP contribution in [0, 0.1) is 0 Å². The van der Waals surface area contributed by atoms with Crippen LogP contribution >= 0.6 is 0 Å². The summed E-state index contributed by atoms with van der Waals surface area (Å²) in [6, 6.07) is 8.96. The van der Waals surface area contributed by atoms with Crippen molar-refractivity contribution in [1.29, 1.82) is 0 Å². The SMILES string of the molecule is CCN(CC)C(=O)C(C)NC1CCc2ccccc2C1. The molecule has 1 aromatic rings. The maximum atomic E-state index is 12.3. The molecule has 0 heterocycles. The van der Waals surface area contributed by atoms with Crippen LogP contribution in [0.1, 0.15) is 38.3 Å². The molecule has 0 spiro atoms. The molecule has 3 heteroatoms. The topological polar surface area (TPSA) is 32.3 Å². The van der Waals surface area contributed by atoms with Gasteiger partial charge in [0.05, 0.1) is 6.04 Å². The lowest BCUT2D eigenvalue weighted by Gasteiger charge is -2.30. The van der Waals surface area contributed by atoms with Gasteiger partial charge in [0.2, 0.25) is 5.91 Å². The summed E-state index contributed by atoms with van der Waals surface area (Å²) in [5, 5.41) is 3.52. The molecule has 2 rings (SSSR count). The molecule has 2 unspecified atom stereocenters. The smallest absolute Gasteiger partial charge is 0.239 e. The lowest BCUT2D eigenvalue weighted by molar-refractivity contribution is -0.132. The predicted molar refractivity (Wildman–Crippen MR) is 82.8 cm³/mol. The van der Waals surface area contributed by atoms with Gasteiger partial charge in [-0.15, -0.1) is 0 Å². The van der Waals surface area contributed by atoms with Gasteiger partial charge in [0.15, 0.2) is 0 Å². The third-order valence-electron chi connectivity index (χ3n) is 4.28. The summed E-state index contributed by atoms with van der Waals surface area (Å²) in [6.07, 6.45) is 3.26. The second-order valence-electron chi connectivity index (χ2n) is 5.61. The molecule has 0 aromatic heterocycles. The van der Waals surface area contributed by atoms with Gasteiger partial charge in [-0.1, -0.05) is 24.3 Å². The number of likely N-dealkylation sites (N-methyl/N-ethyl adjacent to an activating group) is 1. The van der Waals surface area contributed by atoms with Gasteiger partial charge in [-0.25, -0.2) is 0 Å². The van der Waals surface area contributed by atoms with E-state index in [1.54, 1.807) is 0 Å². The largest absolute Gasteiger partial charge is 0.342 e. The average Bonchev–Trinajstić information content (AvgIpc) is 2.48. The zero-order valence-electron chi connectivity index (χ0n) is 12.9. The molecule has 0 aliphatic heterocycles. The van der Waals surface area contributed by atoms with Crippen LogP contribution in [0.15, 0.2) is 24.3 Å². The number of nitrogens with zero attached hydrogens (tertiary/aromatic N) is 1. The number of benzene rings is 1. The number of hydrogen-bond donors (Lipinski definition) is 1. The molecule has 1 aromatic carbocycles. The Balaban J connectivity index is 1.93. The lowest BCUT2D eigenvalue weighted by Crippen LogP contribution is -2.49. The van der Waals surface area contributed by atoms with E-state index in [0.29, 0.717) is 6.04 Å². The molecular weight excluding hydrogens is 248 g/mol. The first-order valence-corrected chi connectivity index (χ1v) is 7.77. The summed E-state index contributed by atoms with van der Waals surface area (Å²) in [6.45, 7) is 7.63. The first-order valence-electron chi connectivity index (χ1n) is 7.77. The molecule has 110 valence electrons. The van der Waals surface area contributed by atoms with Crippen molar-refractivity contribution in [3.05, 3.63) is 35.4 Å². The van der Waals surface area contributed by atoms with E-state index >= 15 is 0 Å². The highest BCUT2D eigenvalue weighted by atomic mass is 16.2. The molecule has 0 radical (unpaired) electrons. The van der Waals surface area contributed by atoms with E-state index in [2.05, 4.69) is 29.6 Å². The Morgan fingerprint density at radius 3 is 2.60 bits per heavy atom. The third kappa shape index (κ3) is 3.40. The fourth-order valence-electron chi connectivity index (χ4n) is 3.07. The molecule has 0 bridgehead atoms. The minimum absolute atomic E-state index is 0.0924. The summed E-state index contributed by atoms with van der Waals surface area (Å²) < 4.78 is 0. The number of rotatable bonds is 5. The highest BCUT2D eigenvalue weighted by molar-refractivity contribution is 5.81. The van der Waals surface area contributed by atoms with Crippen molar-refractivity contribution in [2.45, 2.75) is 52.1 Å². The van der Waals surface area contributed by atoms with Crippen molar-refractivity contribution >= 4 is 5.91 Å². The number of nitrogens with one attached hydrogen (secondary N) is 1. The van der Waals surface area contributed by atoms with Crippen LogP contribution in [0.4, 0.5) is 0 Å². The minimum Gasteiger partial charge on any atom is -0.342 e. The summed E-state index contributed by atoms with van der Waals surface area (Å²) in [5.41, 5.74) is 2.90. The molecule has 0 saturated heterocycles. The maximum absolute atomic E-state index is 12.3. The summed E-state index contributed by atoms with van der Waals surface area (Å²) in [7, 11) is 0. The van der Waals surface area contributed by atoms with Crippen LogP contribution in [0.2, 0.25) is 0 Å². The summed E-state index contributed by atoms with van der Waals surface area (Å²) >= 11 is 0. The number of hydrogen-bond acceptors (Lipinski definition) is 2. The fourth-order valence-corrected chi connectivity index (χ4v) is 3.07. The molecular formula is C17H26N2O. The van der Waals surface area contributed by atoms with Gasteiger partial charge >= 0.3 is 0 Å². The molecule has 1 aliphatic carbocycles. The first-order chi connectivity index (χ1) is 9.65. The fraction of sp³-hybridized carbons (Fsp3) is 0.588. The molecule has 0 fully saturated rings. The lowest BCUT2D eigenvalue weighted by atomic mass is 9.88. The number of fused-ring (bicyclic) bond motifs is 1. The van der Waals surface area contributed by atoms with Crippen molar-refractivity contribution in [1.82, 2.24) is 10.2 Å². The normalized spacial score (nSPS) is 19.2. The number of aryl methyl sites for hydroxylation is 1. The molecule has 1 amide bonds. The molecule has 1 N–H and O–H groups in total. The van der Waals surface area contributed by atoms with E-state index in [9.17, 15) is 4.79 Å². The van der Waals surface area contributed by atoms with Crippen molar-refractivity contribution in [3.63, 3.8) is 0 Å². The van der Waals surface area contributed by atoms with Crippen LogP contribution in [0.5, 0.6) is 0 Å². The Morgan fingerprint density at radius 2 is 1.95 bits per heavy atom. The Hall–Kier alpha value is -1.35. The number of carbonyl (C=O) groups excluding carboxylic acids is 1. The standard InChI is InChI=1S/C17H26N2O/c1-4-19(5-2)17(20)13(3)18-16-11-10-14-8-6-7-9-15(14)12-16/h6-9,13,16,18H,4-5,10-12H2,1-3H3. The van der Waals surface area contributed by atoms with E-state index in [1.807, 2.05) is 25.7 Å². The Morgan fingerprint density at radius 1 is 1.30 bits per heavy atom. The van der Waals surface area contributed by atoms with Crippen LogP contribution < -0.4 is 5.32 Å². The second kappa shape index (κ2) is 6.89. The van der Waals surface area contributed by atoms with Crippen molar-refractivity contribution < 1.29 is 4.79 Å². The number of carbonyl (C=O) groups is 1. The van der Waals surface area contributed by atoms with Crippen molar-refractivity contribution in [2.75, 3.05) is 13.1 Å². The van der Waals surface area contributed by atoms with Crippen LogP contribution in [-0.2, 0) is 17.6 Å². The van der Waals surface area contributed by atoms with E-state index in [1.165, 1.54) is 11.1 Å². The summed E-state index contributed by atoms with van der Waals surface area (Å²) in [5.74, 6) is 0.217. The Kier molecular flexibility index (Phi) is 5.18. The Labute approximate surface area is 122 Å². The van der Waals surface area contributed by atoms with Crippen molar-refractivity contribution in [2.24, 2.45) is 0 Å². The zero-order chi connectivity index (χ0) is 14.5. The quantitative estimate of drug-likeness (QED) is 0.894. The Bertz CT molecular complexity index is 454. The van der Waals surface area contributed by atoms with Gasteiger partial charge in [-0.05, 0) is 51.2 Å². The highest BCUT2D eigenvalue weighted by Crippen LogP contribution is 2.21. The van der Waals surface area contributed by atoms with Gasteiger partial charge in [-0.3, -0.25) is 4.79 Å². The monoisotopic (exact) mass is 274 g/mol. The third-order valence-corrected chi connectivity index (χ3v) is 4.28. The molecule has 2 atom stereocenters. The van der Waals surface area contributed by atoms with Crippen molar-refractivity contribution in [3.8, 4) is 0 Å².